The summed E-state index contributed by atoms with van der Waals surface area (Å²) < 4.78 is 0. The lowest BCUT2D eigenvalue weighted by Crippen LogP contribution is -2.22. The van der Waals surface area contributed by atoms with Crippen molar-refractivity contribution in [2.24, 2.45) is 5.73 Å². The number of amides is 1. The van der Waals surface area contributed by atoms with Gasteiger partial charge in [0.2, 0.25) is 5.91 Å². The molecule has 1 aromatic heterocycles. The molecule has 2 aromatic carbocycles. The minimum atomic E-state index is -0.427. The number of hydrogen-bond donors (Lipinski definition) is 3. The van der Waals surface area contributed by atoms with E-state index in [1.807, 2.05) is 18.3 Å². The van der Waals surface area contributed by atoms with Gasteiger partial charge < -0.3 is 16.0 Å². The summed E-state index contributed by atoms with van der Waals surface area (Å²) in [5.41, 5.74) is 9.93. The largest absolute Gasteiger partial charge is 0.382 e. The first-order valence-electron chi connectivity index (χ1n) is 9.51. The molecule has 5 heteroatoms. The third kappa shape index (κ3) is 4.03. The van der Waals surface area contributed by atoms with Crippen molar-refractivity contribution in [3.63, 3.8) is 0 Å². The summed E-state index contributed by atoms with van der Waals surface area (Å²) in [7, 11) is 0. The fourth-order valence-electron chi connectivity index (χ4n) is 3.64. The highest BCUT2D eigenvalue weighted by Crippen LogP contribution is 2.26. The zero-order chi connectivity index (χ0) is 18.6. The predicted molar refractivity (Wildman–Crippen MR) is 108 cm³/mol. The van der Waals surface area contributed by atoms with E-state index in [1.54, 1.807) is 12.1 Å². The monoisotopic (exact) mass is 360 g/mol. The average Bonchev–Trinajstić information content (AvgIpc) is 3.20. The molecule has 1 aliphatic rings. The first-order valence-corrected chi connectivity index (χ1v) is 9.51. The Morgan fingerprint density at radius 2 is 1.63 bits per heavy atom. The lowest BCUT2D eigenvalue weighted by atomic mass is 9.95. The van der Waals surface area contributed by atoms with Gasteiger partial charge in [-0.15, -0.1) is 0 Å². The molecule has 1 aliphatic carbocycles. The third-order valence-corrected chi connectivity index (χ3v) is 5.19. The lowest BCUT2D eigenvalue weighted by Gasteiger charge is -2.23. The normalized spacial score (nSPS) is 14.8. The second-order valence-electron chi connectivity index (χ2n) is 7.14. The fourth-order valence-corrected chi connectivity index (χ4v) is 3.64. The number of aromatic amines is 1. The molecular formula is C22H24N4O. The molecule has 4 N–H and O–H groups in total. The molecule has 0 saturated heterocycles. The number of anilines is 1. The molecule has 0 atom stereocenters. The zero-order valence-electron chi connectivity index (χ0n) is 15.2. The van der Waals surface area contributed by atoms with Gasteiger partial charge in [0.05, 0.1) is 11.9 Å². The van der Waals surface area contributed by atoms with Crippen LogP contribution >= 0.6 is 0 Å². The Kier molecular flexibility index (Phi) is 4.92. The summed E-state index contributed by atoms with van der Waals surface area (Å²) >= 11 is 0. The van der Waals surface area contributed by atoms with Gasteiger partial charge in [-0.1, -0.05) is 43.5 Å². The van der Waals surface area contributed by atoms with Gasteiger partial charge in [0, 0.05) is 22.9 Å². The van der Waals surface area contributed by atoms with Gasteiger partial charge in [0.15, 0.2) is 0 Å². The molecule has 0 aliphatic heterocycles. The SMILES string of the molecule is NC(=O)c1ccc(-c2ncc(-c3ccc(NC4CCCCC4)cc3)[nH]2)cc1. The van der Waals surface area contributed by atoms with Gasteiger partial charge in [0.25, 0.3) is 0 Å². The molecule has 1 saturated carbocycles. The van der Waals surface area contributed by atoms with E-state index in [0.717, 1.165) is 22.6 Å². The minimum Gasteiger partial charge on any atom is -0.382 e. The number of carbonyl (C=O) groups excluding carboxylic acids is 1. The number of rotatable bonds is 5. The van der Waals surface area contributed by atoms with Crippen LogP contribution in [0.2, 0.25) is 0 Å². The molecule has 0 spiro atoms. The molecule has 1 amide bonds. The summed E-state index contributed by atoms with van der Waals surface area (Å²) in [6.07, 6.45) is 8.38. The van der Waals surface area contributed by atoms with Gasteiger partial charge in [-0.25, -0.2) is 4.98 Å². The van der Waals surface area contributed by atoms with Crippen molar-refractivity contribution in [3.8, 4) is 22.6 Å². The van der Waals surface area contributed by atoms with Crippen LogP contribution in [-0.4, -0.2) is 21.9 Å². The highest BCUT2D eigenvalue weighted by atomic mass is 16.1. The van der Waals surface area contributed by atoms with Crippen LogP contribution in [0.4, 0.5) is 5.69 Å². The lowest BCUT2D eigenvalue weighted by molar-refractivity contribution is 0.100. The molecule has 1 heterocycles. The Bertz CT molecular complexity index is 906. The van der Waals surface area contributed by atoms with Crippen molar-refractivity contribution in [1.29, 1.82) is 0 Å². The average molecular weight is 360 g/mol. The standard InChI is InChI=1S/C22H24N4O/c23-21(27)16-6-8-17(9-7-16)22-24-14-20(26-22)15-10-12-19(13-11-15)25-18-4-2-1-3-5-18/h6-14,18,25H,1-5H2,(H2,23,27)(H,24,26). The van der Waals surface area contributed by atoms with Gasteiger partial charge >= 0.3 is 0 Å². The topological polar surface area (TPSA) is 83.8 Å². The number of H-pyrrole nitrogens is 1. The van der Waals surface area contributed by atoms with Crippen molar-refractivity contribution in [1.82, 2.24) is 9.97 Å². The van der Waals surface area contributed by atoms with Crippen molar-refractivity contribution in [2.45, 2.75) is 38.1 Å². The van der Waals surface area contributed by atoms with Gasteiger partial charge in [-0.2, -0.15) is 0 Å². The smallest absolute Gasteiger partial charge is 0.248 e. The number of primary amides is 1. The summed E-state index contributed by atoms with van der Waals surface area (Å²) in [6, 6.07) is 16.2. The summed E-state index contributed by atoms with van der Waals surface area (Å²) in [6.45, 7) is 0. The first-order chi connectivity index (χ1) is 13.2. The third-order valence-electron chi connectivity index (χ3n) is 5.19. The van der Waals surface area contributed by atoms with E-state index >= 15 is 0 Å². The number of hydrogen-bond acceptors (Lipinski definition) is 3. The van der Waals surface area contributed by atoms with Crippen molar-refractivity contribution in [2.75, 3.05) is 5.32 Å². The molecule has 5 nitrogen and oxygen atoms in total. The Labute approximate surface area is 159 Å². The van der Waals surface area contributed by atoms with Crippen LogP contribution in [0.25, 0.3) is 22.6 Å². The van der Waals surface area contributed by atoms with Crippen LogP contribution in [0.1, 0.15) is 42.5 Å². The van der Waals surface area contributed by atoms with Crippen LogP contribution < -0.4 is 11.1 Å². The Morgan fingerprint density at radius 3 is 2.30 bits per heavy atom. The number of benzene rings is 2. The van der Waals surface area contributed by atoms with E-state index in [0.29, 0.717) is 11.6 Å². The predicted octanol–water partition coefficient (Wildman–Crippen LogP) is 4.59. The molecule has 1 fully saturated rings. The molecular weight excluding hydrogens is 336 g/mol. The van der Waals surface area contributed by atoms with Crippen molar-refractivity contribution in [3.05, 3.63) is 60.3 Å². The van der Waals surface area contributed by atoms with Gasteiger partial charge in [0.1, 0.15) is 5.82 Å². The number of nitrogens with one attached hydrogen (secondary N) is 2. The van der Waals surface area contributed by atoms with Crippen molar-refractivity contribution < 1.29 is 4.79 Å². The molecule has 0 unspecified atom stereocenters. The molecule has 3 aromatic rings. The second-order valence-corrected chi connectivity index (χ2v) is 7.14. The van der Waals surface area contributed by atoms with E-state index in [2.05, 4.69) is 39.6 Å². The van der Waals surface area contributed by atoms with Crippen LogP contribution in [0.15, 0.2) is 54.7 Å². The van der Waals surface area contributed by atoms with Crippen molar-refractivity contribution >= 4 is 11.6 Å². The first kappa shape index (κ1) is 17.3. The zero-order valence-corrected chi connectivity index (χ0v) is 15.2. The minimum absolute atomic E-state index is 0.427. The highest BCUT2D eigenvalue weighted by molar-refractivity contribution is 5.93. The van der Waals surface area contributed by atoms with Crippen LogP contribution in [0.5, 0.6) is 0 Å². The molecule has 0 bridgehead atoms. The molecule has 0 radical (unpaired) electrons. The number of nitrogens with zero attached hydrogens (tertiary/aromatic N) is 1. The maximum Gasteiger partial charge on any atom is 0.248 e. The van der Waals surface area contributed by atoms with Crippen LogP contribution in [-0.2, 0) is 0 Å². The summed E-state index contributed by atoms with van der Waals surface area (Å²) in [5.74, 6) is 0.342. The number of aromatic nitrogens is 2. The maximum atomic E-state index is 11.2. The molecule has 138 valence electrons. The Morgan fingerprint density at radius 1 is 0.963 bits per heavy atom. The Hall–Kier alpha value is -3.08. The second kappa shape index (κ2) is 7.66. The van der Waals surface area contributed by atoms with E-state index in [9.17, 15) is 4.79 Å². The number of nitrogens with two attached hydrogens (primary N) is 1. The highest BCUT2D eigenvalue weighted by Gasteiger charge is 2.13. The maximum absolute atomic E-state index is 11.2. The van der Waals surface area contributed by atoms with Gasteiger partial charge in [-0.05, 0) is 42.7 Å². The van der Waals surface area contributed by atoms with E-state index in [-0.39, 0.29) is 0 Å². The van der Waals surface area contributed by atoms with Crippen LogP contribution in [0, 0.1) is 0 Å². The van der Waals surface area contributed by atoms with E-state index in [4.69, 9.17) is 5.73 Å². The molecule has 27 heavy (non-hydrogen) atoms. The Balaban J connectivity index is 1.46. The van der Waals surface area contributed by atoms with Gasteiger partial charge in [-0.3, -0.25) is 4.79 Å². The van der Waals surface area contributed by atoms with E-state index < -0.39 is 5.91 Å². The summed E-state index contributed by atoms with van der Waals surface area (Å²) in [4.78, 5) is 19.0. The quantitative estimate of drug-likeness (QED) is 0.622. The van der Waals surface area contributed by atoms with E-state index in [1.165, 1.54) is 37.8 Å². The molecule has 4 rings (SSSR count). The summed E-state index contributed by atoms with van der Waals surface area (Å²) in [5, 5.41) is 3.64. The number of imidazole rings is 1. The van der Waals surface area contributed by atoms with Crippen LogP contribution in [0.3, 0.4) is 0 Å². The number of carbonyl (C=O) groups is 1. The fraction of sp³-hybridized carbons (Fsp3) is 0.273.